The molecule has 0 fully saturated rings. The van der Waals surface area contributed by atoms with Crippen molar-refractivity contribution in [3.8, 4) is 0 Å². The molecule has 1 aromatic heterocycles. The molecule has 1 heterocycles. The highest BCUT2D eigenvalue weighted by Gasteiger charge is 2.22. The third kappa shape index (κ3) is 3.60. The minimum Gasteiger partial charge on any atom is -0.338 e. The van der Waals surface area contributed by atoms with Gasteiger partial charge < -0.3 is 4.90 Å². The smallest absolute Gasteiger partial charge is 0.260 e. The summed E-state index contributed by atoms with van der Waals surface area (Å²) in [5.41, 5.74) is 1.34. The van der Waals surface area contributed by atoms with E-state index in [1.165, 1.54) is 40.5 Å². The van der Waals surface area contributed by atoms with Gasteiger partial charge in [-0.1, -0.05) is 23.5 Å². The summed E-state index contributed by atoms with van der Waals surface area (Å²) >= 11 is 1.49. The van der Waals surface area contributed by atoms with Gasteiger partial charge in [0.2, 0.25) is 0 Å². The van der Waals surface area contributed by atoms with E-state index in [4.69, 9.17) is 0 Å². The van der Waals surface area contributed by atoms with Gasteiger partial charge in [-0.15, -0.1) is 0 Å². The first-order valence-electron chi connectivity index (χ1n) is 7.76. The summed E-state index contributed by atoms with van der Waals surface area (Å²) in [4.78, 5) is 20.4. The van der Waals surface area contributed by atoms with Crippen LogP contribution in [0, 0.1) is 5.82 Å². The number of hydrogen-bond donors (Lipinski definition) is 1. The first kappa shape index (κ1) is 16.5. The molecule has 0 aliphatic rings. The molecule has 0 aliphatic carbocycles. The molecule has 3 rings (SSSR count). The number of likely N-dealkylation sites (N-methyl/N-ethyl adjacent to an activating group) is 1. The molecule has 0 spiro atoms. The number of halogens is 1. The van der Waals surface area contributed by atoms with Crippen molar-refractivity contribution in [2.75, 3.05) is 32.1 Å². The first-order valence-corrected chi connectivity index (χ1v) is 8.58. The van der Waals surface area contributed by atoms with Crippen molar-refractivity contribution in [3.05, 3.63) is 59.9 Å². The molecule has 0 atom stereocenters. The Morgan fingerprint density at radius 1 is 1.17 bits per heavy atom. The predicted octanol–water partition coefficient (Wildman–Crippen LogP) is 2.23. The second kappa shape index (κ2) is 7.07. The highest BCUT2D eigenvalue weighted by atomic mass is 32.1. The average molecular weight is 344 g/mol. The molecular weight excluding hydrogens is 325 g/mol. The number of benzene rings is 2. The van der Waals surface area contributed by atoms with Gasteiger partial charge in [-0.25, -0.2) is 9.37 Å². The van der Waals surface area contributed by atoms with E-state index in [1.54, 1.807) is 4.90 Å². The fourth-order valence-electron chi connectivity index (χ4n) is 2.34. The molecule has 0 bridgehead atoms. The predicted molar refractivity (Wildman–Crippen MR) is 95.4 cm³/mol. The number of carbonyl (C=O) groups excluding carboxylic acids is 1. The van der Waals surface area contributed by atoms with Crippen molar-refractivity contribution in [1.29, 1.82) is 0 Å². The Bertz CT molecular complexity index is 812. The zero-order chi connectivity index (χ0) is 17.1. The molecule has 0 saturated heterocycles. The largest absolute Gasteiger partial charge is 0.338 e. The van der Waals surface area contributed by atoms with Gasteiger partial charge in [0.1, 0.15) is 5.82 Å². The molecule has 24 heavy (non-hydrogen) atoms. The Labute approximate surface area is 144 Å². The quantitative estimate of drug-likeness (QED) is 0.771. The Morgan fingerprint density at radius 3 is 2.54 bits per heavy atom. The van der Waals surface area contributed by atoms with Crippen LogP contribution in [0.25, 0.3) is 10.2 Å². The Morgan fingerprint density at radius 2 is 1.88 bits per heavy atom. The van der Waals surface area contributed by atoms with Crippen molar-refractivity contribution in [3.63, 3.8) is 0 Å². The summed E-state index contributed by atoms with van der Waals surface area (Å²) < 4.78 is 14.2. The van der Waals surface area contributed by atoms with Gasteiger partial charge in [-0.2, -0.15) is 0 Å². The number of aromatic nitrogens is 1. The van der Waals surface area contributed by atoms with E-state index >= 15 is 0 Å². The van der Waals surface area contributed by atoms with Crippen molar-refractivity contribution in [2.24, 2.45) is 0 Å². The number of nitrogens with zero attached hydrogens (tertiary/aromatic N) is 2. The summed E-state index contributed by atoms with van der Waals surface area (Å²) in [6, 6.07) is 13.5. The number of thiazole rings is 1. The Balaban J connectivity index is 1.95. The molecule has 0 unspecified atom stereocenters. The van der Waals surface area contributed by atoms with E-state index < -0.39 is 0 Å². The molecule has 0 radical (unpaired) electrons. The van der Waals surface area contributed by atoms with Gasteiger partial charge in [0.15, 0.2) is 5.13 Å². The summed E-state index contributed by atoms with van der Waals surface area (Å²) in [6.45, 7) is 1.35. The average Bonchev–Trinajstić information content (AvgIpc) is 2.99. The van der Waals surface area contributed by atoms with Gasteiger partial charge in [0, 0.05) is 5.56 Å². The number of nitrogens with one attached hydrogen (secondary N) is 1. The zero-order valence-electron chi connectivity index (χ0n) is 13.6. The molecule has 2 aromatic carbocycles. The minimum absolute atomic E-state index is 0.157. The lowest BCUT2D eigenvalue weighted by Gasteiger charge is -2.20. The summed E-state index contributed by atoms with van der Waals surface area (Å²) in [6.07, 6.45) is 0. The SMILES string of the molecule is C[NH+](C)CCN(C(=O)c1ccc(F)cc1)c1nc2ccccc2s1. The first-order chi connectivity index (χ1) is 11.5. The van der Waals surface area contributed by atoms with Crippen molar-refractivity contribution in [1.82, 2.24) is 4.98 Å². The van der Waals surface area contributed by atoms with Crippen LogP contribution in [0.1, 0.15) is 10.4 Å². The van der Waals surface area contributed by atoms with Crippen LogP contribution >= 0.6 is 11.3 Å². The molecule has 6 heteroatoms. The fraction of sp³-hybridized carbons (Fsp3) is 0.222. The van der Waals surface area contributed by atoms with E-state index in [1.807, 2.05) is 38.4 Å². The number of anilines is 1. The lowest BCUT2D eigenvalue weighted by molar-refractivity contribution is -0.856. The topological polar surface area (TPSA) is 37.6 Å². The minimum atomic E-state index is -0.351. The van der Waals surface area contributed by atoms with Crippen LogP contribution in [0.3, 0.4) is 0 Å². The summed E-state index contributed by atoms with van der Waals surface area (Å²) in [5, 5.41) is 0.673. The van der Waals surface area contributed by atoms with Crippen LogP contribution in [-0.2, 0) is 0 Å². The number of amides is 1. The maximum atomic E-state index is 13.1. The number of quaternary nitrogens is 1. The second-order valence-corrected chi connectivity index (χ2v) is 6.89. The van der Waals surface area contributed by atoms with Crippen LogP contribution in [0.15, 0.2) is 48.5 Å². The molecule has 124 valence electrons. The molecule has 1 amide bonds. The van der Waals surface area contributed by atoms with Crippen LogP contribution in [0.2, 0.25) is 0 Å². The highest BCUT2D eigenvalue weighted by Crippen LogP contribution is 2.29. The molecule has 3 aromatic rings. The van der Waals surface area contributed by atoms with Crippen molar-refractivity contribution in [2.45, 2.75) is 0 Å². The van der Waals surface area contributed by atoms with Gasteiger partial charge in [0.05, 0.1) is 37.4 Å². The molecule has 4 nitrogen and oxygen atoms in total. The van der Waals surface area contributed by atoms with Gasteiger partial charge in [-0.3, -0.25) is 9.69 Å². The second-order valence-electron chi connectivity index (χ2n) is 5.88. The highest BCUT2D eigenvalue weighted by molar-refractivity contribution is 7.22. The molecular formula is C18H19FN3OS+. The van der Waals surface area contributed by atoms with Crippen molar-refractivity contribution >= 4 is 32.6 Å². The van der Waals surface area contributed by atoms with Crippen LogP contribution in [0.5, 0.6) is 0 Å². The maximum Gasteiger partial charge on any atom is 0.260 e. The van der Waals surface area contributed by atoms with Crippen LogP contribution < -0.4 is 9.80 Å². The molecule has 0 saturated carbocycles. The number of carbonyl (C=O) groups is 1. The standard InChI is InChI=1S/C18H18FN3OS/c1-21(2)11-12-22(17(23)13-7-9-14(19)10-8-13)18-20-15-5-3-4-6-16(15)24-18/h3-10H,11-12H2,1-2H3/p+1. The monoisotopic (exact) mass is 344 g/mol. The molecule has 1 N–H and O–H groups in total. The Hall–Kier alpha value is -2.31. The zero-order valence-corrected chi connectivity index (χ0v) is 14.4. The lowest BCUT2D eigenvalue weighted by atomic mass is 10.2. The van der Waals surface area contributed by atoms with E-state index in [2.05, 4.69) is 4.98 Å². The third-order valence-corrected chi connectivity index (χ3v) is 4.74. The summed E-state index contributed by atoms with van der Waals surface area (Å²) in [5.74, 6) is -0.508. The fourth-order valence-corrected chi connectivity index (χ4v) is 3.33. The number of rotatable bonds is 5. The van der Waals surface area contributed by atoms with Gasteiger partial charge >= 0.3 is 0 Å². The van der Waals surface area contributed by atoms with E-state index in [9.17, 15) is 9.18 Å². The van der Waals surface area contributed by atoms with E-state index in [0.717, 1.165) is 16.8 Å². The third-order valence-electron chi connectivity index (χ3n) is 3.69. The van der Waals surface area contributed by atoms with E-state index in [-0.39, 0.29) is 11.7 Å². The van der Waals surface area contributed by atoms with Gasteiger partial charge in [-0.05, 0) is 36.4 Å². The number of para-hydroxylation sites is 1. The normalized spacial score (nSPS) is 11.2. The van der Waals surface area contributed by atoms with Crippen molar-refractivity contribution < 1.29 is 14.1 Å². The van der Waals surface area contributed by atoms with Crippen LogP contribution in [-0.4, -0.2) is 38.1 Å². The lowest BCUT2D eigenvalue weighted by Crippen LogP contribution is -3.06. The maximum absolute atomic E-state index is 13.1. The summed E-state index contributed by atoms with van der Waals surface area (Å²) in [7, 11) is 4.08. The number of hydrogen-bond acceptors (Lipinski definition) is 3. The van der Waals surface area contributed by atoms with Gasteiger partial charge in [0.25, 0.3) is 5.91 Å². The number of fused-ring (bicyclic) bond motifs is 1. The molecule has 0 aliphatic heterocycles. The van der Waals surface area contributed by atoms with E-state index in [0.29, 0.717) is 17.2 Å². The van der Waals surface area contributed by atoms with Crippen LogP contribution in [0.4, 0.5) is 9.52 Å². The Kier molecular flexibility index (Phi) is 4.87.